The van der Waals surface area contributed by atoms with Gasteiger partial charge in [0, 0.05) is 24.7 Å². The van der Waals surface area contributed by atoms with Gasteiger partial charge in [-0.25, -0.2) is 9.48 Å². The summed E-state index contributed by atoms with van der Waals surface area (Å²) in [6.07, 6.45) is 7.81. The SMILES string of the molecule is COC(=O)c1cnn(-c2ccc(C(=O)NCCN(C)C3CCCCC3)cc2)c1N. The molecule has 156 valence electrons. The number of ether oxygens (including phenoxy) is 1. The van der Waals surface area contributed by atoms with Gasteiger partial charge >= 0.3 is 5.97 Å². The molecule has 0 atom stereocenters. The molecule has 1 saturated carbocycles. The van der Waals surface area contributed by atoms with Crippen LogP contribution in [-0.2, 0) is 4.74 Å². The van der Waals surface area contributed by atoms with Crippen LogP contribution < -0.4 is 11.1 Å². The van der Waals surface area contributed by atoms with Gasteiger partial charge in [0.1, 0.15) is 11.4 Å². The highest BCUT2D eigenvalue weighted by Crippen LogP contribution is 2.21. The third kappa shape index (κ3) is 4.95. The van der Waals surface area contributed by atoms with Crippen LogP contribution in [0.3, 0.4) is 0 Å². The van der Waals surface area contributed by atoms with Crippen molar-refractivity contribution in [1.82, 2.24) is 20.0 Å². The molecule has 1 amide bonds. The minimum absolute atomic E-state index is 0.114. The Morgan fingerprint density at radius 2 is 1.93 bits per heavy atom. The highest BCUT2D eigenvalue weighted by molar-refractivity contribution is 5.95. The molecule has 8 heteroatoms. The first-order chi connectivity index (χ1) is 14.0. The first kappa shape index (κ1) is 20.9. The molecule has 0 spiro atoms. The molecule has 0 bridgehead atoms. The first-order valence-corrected chi connectivity index (χ1v) is 10.0. The number of methoxy groups -OCH3 is 1. The predicted molar refractivity (Wildman–Crippen MR) is 111 cm³/mol. The second kappa shape index (κ2) is 9.56. The van der Waals surface area contributed by atoms with Gasteiger partial charge in [0.05, 0.1) is 19.0 Å². The molecule has 0 unspecified atom stereocenters. The van der Waals surface area contributed by atoms with Crippen molar-refractivity contribution in [2.45, 2.75) is 38.1 Å². The van der Waals surface area contributed by atoms with Crippen LogP contribution in [-0.4, -0.2) is 59.8 Å². The van der Waals surface area contributed by atoms with Crippen molar-refractivity contribution in [3.05, 3.63) is 41.6 Å². The van der Waals surface area contributed by atoms with Gasteiger partial charge in [-0.3, -0.25) is 4.79 Å². The molecule has 1 fully saturated rings. The van der Waals surface area contributed by atoms with E-state index in [9.17, 15) is 9.59 Å². The van der Waals surface area contributed by atoms with Gasteiger partial charge in [0.2, 0.25) is 0 Å². The van der Waals surface area contributed by atoms with Crippen LogP contribution >= 0.6 is 0 Å². The molecule has 1 aromatic heterocycles. The number of carbonyl (C=O) groups excluding carboxylic acids is 2. The number of hydrogen-bond donors (Lipinski definition) is 2. The van der Waals surface area contributed by atoms with E-state index in [1.807, 2.05) is 0 Å². The van der Waals surface area contributed by atoms with Gasteiger partial charge in [-0.1, -0.05) is 19.3 Å². The second-order valence-corrected chi connectivity index (χ2v) is 7.42. The summed E-state index contributed by atoms with van der Waals surface area (Å²) in [7, 11) is 3.42. The van der Waals surface area contributed by atoms with Crippen LogP contribution in [0.25, 0.3) is 5.69 Å². The summed E-state index contributed by atoms with van der Waals surface area (Å²) in [5.41, 5.74) is 7.41. The summed E-state index contributed by atoms with van der Waals surface area (Å²) in [4.78, 5) is 26.4. The fraction of sp³-hybridized carbons (Fsp3) is 0.476. The summed E-state index contributed by atoms with van der Waals surface area (Å²) in [5.74, 6) is -0.458. The topological polar surface area (TPSA) is 102 Å². The average Bonchev–Trinajstić information content (AvgIpc) is 3.15. The molecule has 3 rings (SSSR count). The average molecular weight is 399 g/mol. The lowest BCUT2D eigenvalue weighted by Gasteiger charge is -2.31. The number of nitrogens with zero attached hydrogens (tertiary/aromatic N) is 3. The highest BCUT2D eigenvalue weighted by atomic mass is 16.5. The second-order valence-electron chi connectivity index (χ2n) is 7.42. The molecule has 0 radical (unpaired) electrons. The standard InChI is InChI=1S/C21H29N5O3/c1-25(16-6-4-3-5-7-16)13-12-23-20(27)15-8-10-17(11-9-15)26-19(22)18(14-24-26)21(28)29-2/h8-11,14,16H,3-7,12-13,22H2,1-2H3,(H,23,27). The van der Waals surface area contributed by atoms with Crippen molar-refractivity contribution in [2.24, 2.45) is 0 Å². The Bertz CT molecular complexity index is 841. The summed E-state index contributed by atoms with van der Waals surface area (Å²) >= 11 is 0. The number of nitrogens with one attached hydrogen (secondary N) is 1. The van der Waals surface area contributed by atoms with Gasteiger partial charge in [-0.15, -0.1) is 0 Å². The monoisotopic (exact) mass is 399 g/mol. The van der Waals surface area contributed by atoms with E-state index in [0.717, 1.165) is 6.54 Å². The number of nitrogen functional groups attached to an aromatic ring is 1. The van der Waals surface area contributed by atoms with E-state index in [0.29, 0.717) is 23.8 Å². The van der Waals surface area contributed by atoms with Gasteiger partial charge in [0.15, 0.2) is 0 Å². The number of esters is 1. The van der Waals surface area contributed by atoms with E-state index < -0.39 is 5.97 Å². The predicted octanol–water partition coefficient (Wildman–Crippen LogP) is 2.24. The van der Waals surface area contributed by atoms with Crippen LogP contribution in [0.15, 0.2) is 30.5 Å². The fourth-order valence-corrected chi connectivity index (χ4v) is 3.74. The van der Waals surface area contributed by atoms with Crippen LogP contribution in [0.1, 0.15) is 52.8 Å². The minimum atomic E-state index is -0.539. The Balaban J connectivity index is 1.55. The van der Waals surface area contributed by atoms with Crippen molar-refractivity contribution in [3.63, 3.8) is 0 Å². The number of likely N-dealkylation sites (N-methyl/N-ethyl adjacent to an activating group) is 1. The molecule has 0 aliphatic heterocycles. The van der Waals surface area contributed by atoms with Crippen LogP contribution in [0.2, 0.25) is 0 Å². The quantitative estimate of drug-likeness (QED) is 0.692. The lowest BCUT2D eigenvalue weighted by Crippen LogP contribution is -2.39. The summed E-state index contributed by atoms with van der Waals surface area (Å²) in [5, 5.41) is 7.10. The molecule has 29 heavy (non-hydrogen) atoms. The molecule has 1 aliphatic carbocycles. The van der Waals surface area contributed by atoms with Crippen molar-refractivity contribution < 1.29 is 14.3 Å². The minimum Gasteiger partial charge on any atom is -0.465 e. The van der Waals surface area contributed by atoms with Crippen LogP contribution in [0.5, 0.6) is 0 Å². The Hall–Kier alpha value is -2.87. The maximum Gasteiger partial charge on any atom is 0.343 e. The van der Waals surface area contributed by atoms with E-state index in [4.69, 9.17) is 5.73 Å². The number of rotatable bonds is 7. The molecule has 3 N–H and O–H groups in total. The van der Waals surface area contributed by atoms with Gasteiger partial charge in [-0.2, -0.15) is 5.10 Å². The maximum absolute atomic E-state index is 12.4. The fourth-order valence-electron chi connectivity index (χ4n) is 3.74. The normalized spacial score (nSPS) is 14.7. The Kier molecular flexibility index (Phi) is 6.87. The van der Waals surface area contributed by atoms with E-state index in [1.165, 1.54) is 50.1 Å². The Morgan fingerprint density at radius 3 is 2.59 bits per heavy atom. The van der Waals surface area contributed by atoms with Gasteiger partial charge in [0.25, 0.3) is 5.91 Å². The van der Waals surface area contributed by atoms with E-state index in [1.54, 1.807) is 24.3 Å². The van der Waals surface area contributed by atoms with Crippen molar-refractivity contribution in [2.75, 3.05) is 33.0 Å². The zero-order valence-electron chi connectivity index (χ0n) is 17.1. The molecular weight excluding hydrogens is 370 g/mol. The molecule has 1 aromatic carbocycles. The third-order valence-electron chi connectivity index (χ3n) is 5.53. The zero-order valence-corrected chi connectivity index (χ0v) is 17.1. The number of anilines is 1. The lowest BCUT2D eigenvalue weighted by molar-refractivity contribution is 0.0601. The van der Waals surface area contributed by atoms with Crippen LogP contribution in [0, 0.1) is 0 Å². The maximum atomic E-state index is 12.4. The molecule has 2 aromatic rings. The van der Waals surface area contributed by atoms with Crippen molar-refractivity contribution in [1.29, 1.82) is 0 Å². The lowest BCUT2D eigenvalue weighted by atomic mass is 9.94. The first-order valence-electron chi connectivity index (χ1n) is 10.0. The molecular formula is C21H29N5O3. The van der Waals surface area contributed by atoms with E-state index >= 15 is 0 Å². The molecule has 1 heterocycles. The van der Waals surface area contributed by atoms with E-state index in [2.05, 4.69) is 27.1 Å². The van der Waals surface area contributed by atoms with Crippen LogP contribution in [0.4, 0.5) is 5.82 Å². The number of hydrogen-bond acceptors (Lipinski definition) is 6. The highest BCUT2D eigenvalue weighted by Gasteiger charge is 2.18. The number of carbonyl (C=O) groups is 2. The zero-order chi connectivity index (χ0) is 20.8. The molecule has 0 saturated heterocycles. The number of amides is 1. The van der Waals surface area contributed by atoms with Crippen molar-refractivity contribution >= 4 is 17.7 Å². The summed E-state index contributed by atoms with van der Waals surface area (Å²) < 4.78 is 6.12. The van der Waals surface area contributed by atoms with Crippen molar-refractivity contribution in [3.8, 4) is 5.69 Å². The molecule has 1 aliphatic rings. The smallest absolute Gasteiger partial charge is 0.343 e. The van der Waals surface area contributed by atoms with Gasteiger partial charge < -0.3 is 20.7 Å². The number of aromatic nitrogens is 2. The Labute approximate surface area is 171 Å². The van der Waals surface area contributed by atoms with E-state index in [-0.39, 0.29) is 17.3 Å². The number of benzene rings is 1. The van der Waals surface area contributed by atoms with Gasteiger partial charge in [-0.05, 0) is 44.2 Å². The summed E-state index contributed by atoms with van der Waals surface area (Å²) in [6.45, 7) is 1.46. The third-order valence-corrected chi connectivity index (χ3v) is 5.53. The number of nitrogens with two attached hydrogens (primary N) is 1. The Morgan fingerprint density at radius 1 is 1.24 bits per heavy atom. The molecule has 8 nitrogen and oxygen atoms in total. The largest absolute Gasteiger partial charge is 0.465 e. The summed E-state index contributed by atoms with van der Waals surface area (Å²) in [6, 6.07) is 7.55.